The van der Waals surface area contributed by atoms with E-state index < -0.39 is 47.9 Å². The van der Waals surface area contributed by atoms with Crippen LogP contribution in [-0.2, 0) is 28.7 Å². The molecule has 0 aromatic carbocycles. The Morgan fingerprint density at radius 2 is 1.74 bits per heavy atom. The van der Waals surface area contributed by atoms with Gasteiger partial charge in [0.05, 0.1) is 6.54 Å². The maximum atomic E-state index is 12.2. The van der Waals surface area contributed by atoms with Crippen LogP contribution in [0, 0.1) is 5.92 Å². The quantitative estimate of drug-likeness (QED) is 0.262. The van der Waals surface area contributed by atoms with Crippen molar-refractivity contribution in [1.82, 2.24) is 16.0 Å². The molecule has 2 unspecified atom stereocenters. The summed E-state index contributed by atoms with van der Waals surface area (Å²) in [5, 5.41) is 7.19. The van der Waals surface area contributed by atoms with Gasteiger partial charge < -0.3 is 26.4 Å². The second-order valence-corrected chi connectivity index (χ2v) is 7.38. The molecular formula is C17H30N4O6. The number of amides is 4. The van der Waals surface area contributed by atoms with E-state index in [-0.39, 0.29) is 18.8 Å². The average molecular weight is 386 g/mol. The number of rotatable bonds is 11. The highest BCUT2D eigenvalue weighted by Gasteiger charge is 2.27. The molecule has 27 heavy (non-hydrogen) atoms. The topological polar surface area (TPSA) is 157 Å². The van der Waals surface area contributed by atoms with Crippen LogP contribution in [0.1, 0.15) is 47.5 Å². The molecule has 0 saturated carbocycles. The Labute approximate surface area is 158 Å². The lowest BCUT2D eigenvalue weighted by molar-refractivity contribution is -0.158. The van der Waals surface area contributed by atoms with E-state index in [0.717, 1.165) is 0 Å². The molecule has 0 aliphatic heterocycles. The first-order valence-corrected chi connectivity index (χ1v) is 8.65. The maximum Gasteiger partial charge on any atom is 0.329 e. The third kappa shape index (κ3) is 10.8. The Balaban J connectivity index is 4.83. The minimum Gasteiger partial charge on any atom is -0.458 e. The van der Waals surface area contributed by atoms with Crippen LogP contribution in [0.2, 0.25) is 0 Å². The lowest BCUT2D eigenvalue weighted by Crippen LogP contribution is -2.51. The molecule has 0 bridgehead atoms. The maximum absolute atomic E-state index is 12.2. The van der Waals surface area contributed by atoms with Crippen molar-refractivity contribution in [2.45, 2.75) is 65.1 Å². The minimum absolute atomic E-state index is 0.0226. The van der Waals surface area contributed by atoms with Crippen LogP contribution in [-0.4, -0.2) is 54.3 Å². The van der Waals surface area contributed by atoms with Crippen LogP contribution in [0.3, 0.4) is 0 Å². The highest BCUT2D eigenvalue weighted by Crippen LogP contribution is 2.10. The molecule has 4 amide bonds. The van der Waals surface area contributed by atoms with Crippen molar-refractivity contribution in [2.24, 2.45) is 11.7 Å². The van der Waals surface area contributed by atoms with Gasteiger partial charge >= 0.3 is 5.97 Å². The molecule has 0 aromatic heterocycles. The van der Waals surface area contributed by atoms with Gasteiger partial charge in [-0.3, -0.25) is 19.2 Å². The van der Waals surface area contributed by atoms with Gasteiger partial charge in [0, 0.05) is 6.42 Å². The SMILES string of the molecule is CC(C)C(NC=O)C(=O)NCC(=O)NC(CCC(N)=O)C(=O)OC(C)(C)C. The van der Waals surface area contributed by atoms with Crippen molar-refractivity contribution in [1.29, 1.82) is 0 Å². The fourth-order valence-corrected chi connectivity index (χ4v) is 2.08. The van der Waals surface area contributed by atoms with Gasteiger partial charge in [-0.25, -0.2) is 4.79 Å². The number of carbonyl (C=O) groups excluding carboxylic acids is 5. The number of hydrogen-bond acceptors (Lipinski definition) is 6. The van der Waals surface area contributed by atoms with Gasteiger partial charge in [-0.15, -0.1) is 0 Å². The van der Waals surface area contributed by atoms with Crippen LogP contribution >= 0.6 is 0 Å². The Kier molecular flexibility index (Phi) is 10.1. The summed E-state index contributed by atoms with van der Waals surface area (Å²) in [6.07, 6.45) is 0.271. The first-order valence-electron chi connectivity index (χ1n) is 8.65. The standard InChI is InChI=1S/C17H30N4O6/c1-10(2)14(20-9-22)15(25)19-8-13(24)21-11(6-7-12(18)23)16(26)27-17(3,4)5/h9-11,14H,6-8H2,1-5H3,(H2,18,23)(H,19,25)(H,20,22)(H,21,24). The van der Waals surface area contributed by atoms with E-state index in [4.69, 9.17) is 10.5 Å². The molecule has 154 valence electrons. The average Bonchev–Trinajstić information content (AvgIpc) is 2.51. The minimum atomic E-state index is -1.07. The zero-order valence-corrected chi connectivity index (χ0v) is 16.5. The van der Waals surface area contributed by atoms with Gasteiger partial charge in [-0.1, -0.05) is 13.8 Å². The highest BCUT2D eigenvalue weighted by molar-refractivity contribution is 5.90. The lowest BCUT2D eigenvalue weighted by Gasteiger charge is -2.24. The number of nitrogens with one attached hydrogen (secondary N) is 3. The van der Waals surface area contributed by atoms with Gasteiger partial charge in [0.15, 0.2) is 0 Å². The Morgan fingerprint density at radius 1 is 1.15 bits per heavy atom. The van der Waals surface area contributed by atoms with Crippen LogP contribution < -0.4 is 21.7 Å². The van der Waals surface area contributed by atoms with Gasteiger partial charge in [0.25, 0.3) is 0 Å². The molecule has 5 N–H and O–H groups in total. The van der Waals surface area contributed by atoms with Crippen LogP contribution in [0.5, 0.6) is 0 Å². The van der Waals surface area contributed by atoms with E-state index >= 15 is 0 Å². The second kappa shape index (κ2) is 11.1. The molecule has 10 heteroatoms. The van der Waals surface area contributed by atoms with Crippen molar-refractivity contribution in [3.63, 3.8) is 0 Å². The number of carbonyl (C=O) groups is 5. The molecule has 0 aliphatic rings. The number of hydrogen-bond donors (Lipinski definition) is 4. The summed E-state index contributed by atoms with van der Waals surface area (Å²) in [4.78, 5) is 57.9. The fourth-order valence-electron chi connectivity index (χ4n) is 2.08. The summed E-state index contributed by atoms with van der Waals surface area (Å²) < 4.78 is 5.22. The lowest BCUT2D eigenvalue weighted by atomic mass is 10.0. The molecule has 2 atom stereocenters. The fraction of sp³-hybridized carbons (Fsp3) is 0.706. The third-order valence-electron chi connectivity index (χ3n) is 3.33. The van der Waals surface area contributed by atoms with Crippen LogP contribution in [0.4, 0.5) is 0 Å². The van der Waals surface area contributed by atoms with Crippen molar-refractivity contribution < 1.29 is 28.7 Å². The van der Waals surface area contributed by atoms with Crippen molar-refractivity contribution in [3.8, 4) is 0 Å². The third-order valence-corrected chi connectivity index (χ3v) is 3.33. The van der Waals surface area contributed by atoms with Crippen LogP contribution in [0.15, 0.2) is 0 Å². The molecule has 0 spiro atoms. The molecule has 10 nitrogen and oxygen atoms in total. The molecule has 0 fully saturated rings. The van der Waals surface area contributed by atoms with E-state index in [2.05, 4.69) is 16.0 Å². The monoisotopic (exact) mass is 386 g/mol. The highest BCUT2D eigenvalue weighted by atomic mass is 16.6. The molecule has 0 aromatic rings. The van der Waals surface area contributed by atoms with Gasteiger partial charge in [-0.2, -0.15) is 0 Å². The molecule has 0 rings (SSSR count). The Morgan fingerprint density at radius 3 is 2.19 bits per heavy atom. The number of nitrogens with two attached hydrogens (primary N) is 1. The summed E-state index contributed by atoms with van der Waals surface area (Å²) in [7, 11) is 0. The molecular weight excluding hydrogens is 356 g/mol. The summed E-state index contributed by atoms with van der Waals surface area (Å²) in [5.41, 5.74) is 4.32. The summed E-state index contributed by atoms with van der Waals surface area (Å²) >= 11 is 0. The van der Waals surface area contributed by atoms with Crippen molar-refractivity contribution in [3.05, 3.63) is 0 Å². The molecule has 0 radical (unpaired) electrons. The Bertz CT molecular complexity index is 556. The summed E-state index contributed by atoms with van der Waals surface area (Å²) in [5.74, 6) is -2.67. The van der Waals surface area contributed by atoms with E-state index in [1.165, 1.54) is 0 Å². The van der Waals surface area contributed by atoms with E-state index in [1.54, 1.807) is 34.6 Å². The van der Waals surface area contributed by atoms with E-state index in [1.807, 2.05) is 0 Å². The van der Waals surface area contributed by atoms with Crippen molar-refractivity contribution in [2.75, 3.05) is 6.54 Å². The normalized spacial score (nSPS) is 13.3. The number of primary amides is 1. The predicted octanol–water partition coefficient (Wildman–Crippen LogP) is -1.03. The first kappa shape index (κ1) is 24.4. The molecule has 0 aliphatic carbocycles. The van der Waals surface area contributed by atoms with Gasteiger partial charge in [0.1, 0.15) is 17.7 Å². The summed E-state index contributed by atoms with van der Waals surface area (Å²) in [6.45, 7) is 8.09. The number of esters is 1. The van der Waals surface area contributed by atoms with Crippen LogP contribution in [0.25, 0.3) is 0 Å². The first-order chi connectivity index (χ1) is 12.4. The Hall–Kier alpha value is -2.65. The zero-order chi connectivity index (χ0) is 21.2. The second-order valence-electron chi connectivity index (χ2n) is 7.38. The molecule has 0 saturated heterocycles. The zero-order valence-electron chi connectivity index (χ0n) is 16.5. The smallest absolute Gasteiger partial charge is 0.329 e. The largest absolute Gasteiger partial charge is 0.458 e. The van der Waals surface area contributed by atoms with Gasteiger partial charge in [0.2, 0.25) is 24.1 Å². The van der Waals surface area contributed by atoms with Gasteiger partial charge in [-0.05, 0) is 33.1 Å². The predicted molar refractivity (Wildman–Crippen MR) is 97.0 cm³/mol. The van der Waals surface area contributed by atoms with E-state index in [9.17, 15) is 24.0 Å². The molecule has 0 heterocycles. The number of ether oxygens (including phenoxy) is 1. The van der Waals surface area contributed by atoms with Crippen molar-refractivity contribution >= 4 is 30.1 Å². The van der Waals surface area contributed by atoms with E-state index in [0.29, 0.717) is 6.41 Å². The summed E-state index contributed by atoms with van der Waals surface area (Å²) in [6, 6.07) is -1.86.